The predicted molar refractivity (Wildman–Crippen MR) is 116 cm³/mol. The first-order valence-electron chi connectivity index (χ1n) is 9.26. The maximum atomic E-state index is 11.9. The quantitative estimate of drug-likeness (QED) is 0.551. The average Bonchev–Trinajstić information content (AvgIpc) is 3.08. The second kappa shape index (κ2) is 6.72. The number of thiocarbonyl (C=S) groups is 1. The van der Waals surface area contributed by atoms with Gasteiger partial charge >= 0.3 is 0 Å². The number of carbonyl (C=O) groups excluding carboxylic acids is 1. The second-order valence-corrected chi connectivity index (χ2v) is 8.18. The molecule has 0 radical (unpaired) electrons. The number of rotatable bonds is 4. The van der Waals surface area contributed by atoms with Gasteiger partial charge in [0.15, 0.2) is 5.11 Å². The van der Waals surface area contributed by atoms with Crippen molar-refractivity contribution in [1.29, 1.82) is 0 Å². The van der Waals surface area contributed by atoms with E-state index in [1.165, 1.54) is 22.3 Å². The molecule has 28 heavy (non-hydrogen) atoms. The molecular formula is C22H23N3O2S. The van der Waals surface area contributed by atoms with Gasteiger partial charge in [-0.3, -0.25) is 10.1 Å². The van der Waals surface area contributed by atoms with E-state index in [-0.39, 0.29) is 17.9 Å². The molecule has 1 heterocycles. The minimum Gasteiger partial charge on any atom is -0.395 e. The molecular weight excluding hydrogens is 370 g/mol. The molecule has 0 saturated carbocycles. The lowest BCUT2D eigenvalue weighted by molar-refractivity contribution is -0.115. The van der Waals surface area contributed by atoms with Crippen LogP contribution in [0.4, 0.5) is 5.69 Å². The summed E-state index contributed by atoms with van der Waals surface area (Å²) < 4.78 is 0. The number of amides is 1. The summed E-state index contributed by atoms with van der Waals surface area (Å²) in [6.45, 7) is 5.17. The van der Waals surface area contributed by atoms with Crippen LogP contribution in [0.2, 0.25) is 0 Å². The molecule has 1 saturated heterocycles. The van der Waals surface area contributed by atoms with Crippen molar-refractivity contribution in [3.63, 3.8) is 0 Å². The van der Waals surface area contributed by atoms with E-state index in [4.69, 9.17) is 12.2 Å². The molecule has 2 aliphatic rings. The zero-order valence-electron chi connectivity index (χ0n) is 16.2. The van der Waals surface area contributed by atoms with Gasteiger partial charge in [-0.05, 0) is 58.2 Å². The Morgan fingerprint density at radius 2 is 1.79 bits per heavy atom. The van der Waals surface area contributed by atoms with Gasteiger partial charge in [-0.1, -0.05) is 38.1 Å². The highest BCUT2D eigenvalue weighted by molar-refractivity contribution is 7.80. The van der Waals surface area contributed by atoms with Crippen LogP contribution in [0.15, 0.2) is 42.1 Å². The second-order valence-electron chi connectivity index (χ2n) is 7.77. The van der Waals surface area contributed by atoms with Gasteiger partial charge in [0, 0.05) is 24.7 Å². The number of nitrogens with one attached hydrogen (secondary N) is 2. The number of aliphatic hydroxyl groups excluding tert-OH is 1. The van der Waals surface area contributed by atoms with E-state index in [1.807, 2.05) is 19.2 Å². The van der Waals surface area contributed by atoms with Crippen LogP contribution < -0.4 is 15.5 Å². The molecule has 1 fully saturated rings. The lowest BCUT2D eigenvalue weighted by atomic mass is 9.81. The zero-order valence-corrected chi connectivity index (χ0v) is 17.0. The van der Waals surface area contributed by atoms with Gasteiger partial charge in [0.25, 0.3) is 5.91 Å². The van der Waals surface area contributed by atoms with E-state index < -0.39 is 0 Å². The van der Waals surface area contributed by atoms with E-state index in [9.17, 15) is 9.90 Å². The Labute approximate surface area is 170 Å². The molecule has 0 atom stereocenters. The summed E-state index contributed by atoms with van der Waals surface area (Å²) in [5.74, 6) is -0.204. The van der Waals surface area contributed by atoms with Crippen molar-refractivity contribution in [2.24, 2.45) is 0 Å². The van der Waals surface area contributed by atoms with Gasteiger partial charge in [0.2, 0.25) is 0 Å². The Morgan fingerprint density at radius 3 is 2.43 bits per heavy atom. The van der Waals surface area contributed by atoms with Crippen LogP contribution in [0, 0.1) is 0 Å². The molecule has 2 aromatic rings. The largest absolute Gasteiger partial charge is 0.395 e. The molecule has 0 aromatic heterocycles. The fraction of sp³-hybridized carbons (Fsp3) is 0.273. The van der Waals surface area contributed by atoms with Gasteiger partial charge in [0.1, 0.15) is 5.70 Å². The summed E-state index contributed by atoms with van der Waals surface area (Å²) in [7, 11) is 1.99. The first kappa shape index (κ1) is 18.7. The Balaban J connectivity index is 1.74. The van der Waals surface area contributed by atoms with Crippen LogP contribution in [0.3, 0.4) is 0 Å². The summed E-state index contributed by atoms with van der Waals surface area (Å²) in [6.07, 6.45) is 1.83. The molecule has 144 valence electrons. The van der Waals surface area contributed by atoms with Gasteiger partial charge < -0.3 is 15.3 Å². The van der Waals surface area contributed by atoms with Gasteiger partial charge in [-0.2, -0.15) is 0 Å². The van der Waals surface area contributed by atoms with Crippen LogP contribution in [0.1, 0.15) is 30.5 Å². The van der Waals surface area contributed by atoms with Crippen LogP contribution in [-0.4, -0.2) is 36.3 Å². The van der Waals surface area contributed by atoms with Crippen molar-refractivity contribution in [3.8, 4) is 11.1 Å². The lowest BCUT2D eigenvalue weighted by Crippen LogP contribution is -2.22. The third-order valence-corrected chi connectivity index (χ3v) is 5.79. The minimum absolute atomic E-state index is 0.125. The van der Waals surface area contributed by atoms with Crippen molar-refractivity contribution < 1.29 is 9.90 Å². The highest BCUT2D eigenvalue weighted by atomic mass is 32.1. The molecule has 3 N–H and O–H groups in total. The summed E-state index contributed by atoms with van der Waals surface area (Å²) in [4.78, 5) is 14.0. The smallest absolute Gasteiger partial charge is 0.273 e. The third kappa shape index (κ3) is 2.99. The van der Waals surface area contributed by atoms with Crippen molar-refractivity contribution in [2.75, 3.05) is 25.1 Å². The number of anilines is 1. The lowest BCUT2D eigenvalue weighted by Gasteiger charge is -2.24. The maximum Gasteiger partial charge on any atom is 0.273 e. The average molecular weight is 394 g/mol. The van der Waals surface area contributed by atoms with E-state index in [0.717, 1.165) is 11.3 Å². The summed E-state index contributed by atoms with van der Waals surface area (Å²) >= 11 is 5.00. The molecule has 0 unspecified atom stereocenters. The Bertz CT molecular complexity index is 1030. The van der Waals surface area contributed by atoms with Crippen LogP contribution in [0.5, 0.6) is 0 Å². The molecule has 2 aromatic carbocycles. The molecule has 5 nitrogen and oxygen atoms in total. The highest BCUT2D eigenvalue weighted by Crippen LogP contribution is 2.49. The number of nitrogens with zero attached hydrogens (tertiary/aromatic N) is 1. The van der Waals surface area contributed by atoms with Crippen molar-refractivity contribution in [1.82, 2.24) is 10.6 Å². The standard InChI is InChI=1S/C22H23N3O2S/c1-22(2)17-10-13(11-19-20(27)24-21(28)23-19)4-6-15(17)16-7-5-14(12-18(16)22)25(3)8-9-26/h4-7,10-12,26H,8-9H2,1-3H3,(H2,23,24,27,28)/b19-11-. The highest BCUT2D eigenvalue weighted by Gasteiger charge is 2.36. The molecule has 1 aliphatic heterocycles. The fourth-order valence-corrected chi connectivity index (χ4v) is 4.20. The molecule has 1 amide bonds. The number of aliphatic hydroxyl groups is 1. The van der Waals surface area contributed by atoms with Crippen LogP contribution in [0.25, 0.3) is 17.2 Å². The zero-order chi connectivity index (χ0) is 20.1. The molecule has 0 bridgehead atoms. The number of hydrogen-bond acceptors (Lipinski definition) is 4. The maximum absolute atomic E-state index is 11.9. The van der Waals surface area contributed by atoms with Crippen molar-refractivity contribution >= 4 is 35.0 Å². The Hall–Kier alpha value is -2.70. The number of hydrogen-bond donors (Lipinski definition) is 3. The fourth-order valence-electron chi connectivity index (χ4n) is 4.00. The Kier molecular flexibility index (Phi) is 4.48. The summed E-state index contributed by atoms with van der Waals surface area (Å²) in [6, 6.07) is 12.8. The van der Waals surface area contributed by atoms with Gasteiger partial charge in [0.05, 0.1) is 6.61 Å². The molecule has 1 aliphatic carbocycles. The van der Waals surface area contributed by atoms with Crippen LogP contribution in [-0.2, 0) is 10.2 Å². The van der Waals surface area contributed by atoms with Gasteiger partial charge in [-0.25, -0.2) is 0 Å². The van der Waals surface area contributed by atoms with Crippen LogP contribution >= 0.6 is 12.2 Å². The van der Waals surface area contributed by atoms with Crippen molar-refractivity contribution in [2.45, 2.75) is 19.3 Å². The normalized spacial score (nSPS) is 17.9. The Morgan fingerprint density at radius 1 is 1.11 bits per heavy atom. The van der Waals surface area contributed by atoms with Gasteiger partial charge in [-0.15, -0.1) is 0 Å². The monoisotopic (exact) mass is 393 g/mol. The number of likely N-dealkylation sites (N-methyl/N-ethyl adjacent to an activating group) is 1. The third-order valence-electron chi connectivity index (χ3n) is 5.59. The van der Waals surface area contributed by atoms with Crippen molar-refractivity contribution in [3.05, 3.63) is 58.8 Å². The number of carbonyl (C=O) groups is 1. The molecule has 0 spiro atoms. The number of fused-ring (bicyclic) bond motifs is 3. The predicted octanol–water partition coefficient (Wildman–Crippen LogP) is 2.77. The van der Waals surface area contributed by atoms with E-state index >= 15 is 0 Å². The summed E-state index contributed by atoms with van der Waals surface area (Å²) in [5, 5.41) is 15.1. The first-order chi connectivity index (χ1) is 13.3. The number of benzene rings is 2. The SMILES string of the molecule is CN(CCO)c1ccc2c(c1)C(C)(C)c1cc(/C=C3\NC(=S)NC3=O)ccc1-2. The topological polar surface area (TPSA) is 64.6 Å². The molecule has 6 heteroatoms. The molecule has 4 rings (SSSR count). The van der Waals surface area contributed by atoms with E-state index in [0.29, 0.717) is 17.4 Å². The summed E-state index contributed by atoms with van der Waals surface area (Å²) in [5.41, 5.74) is 7.32. The minimum atomic E-state index is -0.204. The van der Waals surface area contributed by atoms with E-state index in [1.54, 1.807) is 0 Å². The van der Waals surface area contributed by atoms with E-state index in [2.05, 4.69) is 59.7 Å². The first-order valence-corrected chi connectivity index (χ1v) is 9.67.